The quantitative estimate of drug-likeness (QED) is 0.274. The van der Waals surface area contributed by atoms with Crippen LogP contribution in [0.2, 0.25) is 0 Å². The van der Waals surface area contributed by atoms with Crippen molar-refractivity contribution in [2.24, 2.45) is 0 Å². The van der Waals surface area contributed by atoms with Crippen LogP contribution in [0.3, 0.4) is 0 Å². The number of carbonyl (C=O) groups is 1. The standard InChI is InChI=1S/C8H17O5P/c1-3-5-6-7-8(9)12-14(10)13-11-4-2/h14H,3-7H2,1-2H3. The second kappa shape index (κ2) is 9.19. The minimum absolute atomic E-state index is 0.268. The van der Waals surface area contributed by atoms with Crippen molar-refractivity contribution in [3.05, 3.63) is 0 Å². The molecule has 5 nitrogen and oxygen atoms in total. The highest BCUT2D eigenvalue weighted by atomic mass is 31.1. The zero-order valence-electron chi connectivity index (χ0n) is 8.58. The lowest BCUT2D eigenvalue weighted by atomic mass is 10.2. The number of hydrogen-bond donors (Lipinski definition) is 0. The summed E-state index contributed by atoms with van der Waals surface area (Å²) < 4.78 is 19.6. The molecule has 6 heteroatoms. The van der Waals surface area contributed by atoms with Gasteiger partial charge in [-0.1, -0.05) is 19.8 Å². The van der Waals surface area contributed by atoms with Crippen LogP contribution in [0.15, 0.2) is 0 Å². The Balaban J connectivity index is 3.45. The summed E-state index contributed by atoms with van der Waals surface area (Å²) >= 11 is 0. The lowest BCUT2D eigenvalue weighted by Crippen LogP contribution is -1.99. The number of rotatable bonds is 8. The van der Waals surface area contributed by atoms with Crippen LogP contribution in [0, 0.1) is 0 Å². The lowest BCUT2D eigenvalue weighted by molar-refractivity contribution is -0.205. The van der Waals surface area contributed by atoms with Crippen LogP contribution in [0.25, 0.3) is 0 Å². The third-order valence-corrected chi connectivity index (χ3v) is 2.07. The zero-order chi connectivity index (χ0) is 10.8. The second-order valence-corrected chi connectivity index (χ2v) is 3.54. The van der Waals surface area contributed by atoms with Gasteiger partial charge < -0.3 is 4.52 Å². The third kappa shape index (κ3) is 8.23. The normalized spacial score (nSPS) is 12.4. The van der Waals surface area contributed by atoms with Crippen LogP contribution in [0.5, 0.6) is 0 Å². The highest BCUT2D eigenvalue weighted by Gasteiger charge is 2.08. The minimum atomic E-state index is -2.81. The Morgan fingerprint density at radius 2 is 2.00 bits per heavy atom. The molecule has 0 heterocycles. The van der Waals surface area contributed by atoms with Gasteiger partial charge >= 0.3 is 14.2 Å². The van der Waals surface area contributed by atoms with Crippen molar-refractivity contribution in [3.63, 3.8) is 0 Å². The topological polar surface area (TPSA) is 61.8 Å². The van der Waals surface area contributed by atoms with E-state index in [-0.39, 0.29) is 13.0 Å². The molecule has 1 atom stereocenters. The molecule has 14 heavy (non-hydrogen) atoms. The molecule has 0 saturated carbocycles. The summed E-state index contributed by atoms with van der Waals surface area (Å²) in [5.41, 5.74) is 0. The number of hydrogen-bond acceptors (Lipinski definition) is 5. The van der Waals surface area contributed by atoms with Gasteiger partial charge in [-0.3, -0.25) is 4.79 Å². The smallest absolute Gasteiger partial charge is 0.392 e. The SMILES string of the molecule is CCCCCC(=O)O[PH](=O)OOCC. The lowest BCUT2D eigenvalue weighted by Gasteiger charge is -2.03. The maximum atomic E-state index is 11.0. The number of carbonyl (C=O) groups excluding carboxylic acids is 1. The summed E-state index contributed by atoms with van der Waals surface area (Å²) in [5.74, 6) is -0.498. The molecule has 0 amide bonds. The molecule has 0 N–H and O–H groups in total. The predicted molar refractivity (Wildman–Crippen MR) is 51.9 cm³/mol. The van der Waals surface area contributed by atoms with Gasteiger partial charge in [0.05, 0.1) is 6.61 Å². The zero-order valence-corrected chi connectivity index (χ0v) is 9.58. The van der Waals surface area contributed by atoms with Gasteiger partial charge in [0.2, 0.25) is 0 Å². The van der Waals surface area contributed by atoms with Crippen LogP contribution in [-0.2, 0) is 23.4 Å². The molecule has 0 bridgehead atoms. The Bertz CT molecular complexity index is 183. The van der Waals surface area contributed by atoms with Crippen molar-refractivity contribution >= 4 is 14.2 Å². The van der Waals surface area contributed by atoms with Crippen molar-refractivity contribution in [2.75, 3.05) is 6.61 Å². The van der Waals surface area contributed by atoms with E-state index in [2.05, 4.69) is 14.1 Å². The molecule has 0 aliphatic rings. The molecule has 0 aliphatic heterocycles. The van der Waals surface area contributed by atoms with E-state index in [1.165, 1.54) is 0 Å². The predicted octanol–water partition coefficient (Wildman–Crippen LogP) is 2.47. The van der Waals surface area contributed by atoms with Crippen LogP contribution in [0.1, 0.15) is 39.5 Å². The molecule has 0 saturated heterocycles. The molecule has 0 aliphatic carbocycles. The summed E-state index contributed by atoms with van der Waals surface area (Å²) in [7, 11) is -2.81. The van der Waals surface area contributed by atoms with Gasteiger partial charge in [-0.25, -0.2) is 9.45 Å². The Labute approximate surface area is 84.6 Å². The van der Waals surface area contributed by atoms with E-state index >= 15 is 0 Å². The maximum absolute atomic E-state index is 11.0. The molecule has 1 unspecified atom stereocenters. The molecule has 0 rings (SSSR count). The average molecular weight is 224 g/mol. The Morgan fingerprint density at radius 1 is 1.29 bits per heavy atom. The van der Waals surface area contributed by atoms with Crippen molar-refractivity contribution in [2.45, 2.75) is 39.5 Å². The fraction of sp³-hybridized carbons (Fsp3) is 0.875. The summed E-state index contributed by atoms with van der Waals surface area (Å²) in [4.78, 5) is 15.3. The Kier molecular flexibility index (Phi) is 8.94. The van der Waals surface area contributed by atoms with E-state index in [1.807, 2.05) is 6.92 Å². The Hall–Kier alpha value is -0.380. The van der Waals surface area contributed by atoms with Gasteiger partial charge in [-0.2, -0.15) is 0 Å². The molecule has 0 aromatic rings. The second-order valence-electron chi connectivity index (χ2n) is 2.67. The molecule has 0 aromatic carbocycles. The fourth-order valence-corrected chi connectivity index (χ4v) is 1.32. The first kappa shape index (κ1) is 13.6. The van der Waals surface area contributed by atoms with Crippen LogP contribution >= 0.6 is 8.25 Å². The van der Waals surface area contributed by atoms with Crippen LogP contribution in [0.4, 0.5) is 0 Å². The van der Waals surface area contributed by atoms with Crippen molar-refractivity contribution in [1.82, 2.24) is 0 Å². The van der Waals surface area contributed by atoms with E-state index in [4.69, 9.17) is 0 Å². The van der Waals surface area contributed by atoms with Crippen molar-refractivity contribution in [3.8, 4) is 0 Å². The first-order valence-corrected chi connectivity index (χ1v) is 5.97. The summed E-state index contributed by atoms with van der Waals surface area (Å²) in [6.45, 7) is 3.98. The van der Waals surface area contributed by atoms with Crippen LogP contribution < -0.4 is 0 Å². The van der Waals surface area contributed by atoms with E-state index in [9.17, 15) is 9.36 Å². The molecule has 84 valence electrons. The summed E-state index contributed by atoms with van der Waals surface area (Å²) in [6.07, 6.45) is 3.01. The van der Waals surface area contributed by atoms with Gasteiger partial charge in [0, 0.05) is 6.42 Å². The average Bonchev–Trinajstić information content (AvgIpc) is 2.15. The summed E-state index contributed by atoms with van der Waals surface area (Å²) in [6, 6.07) is 0. The molecular formula is C8H17O5P. The first-order chi connectivity index (χ1) is 6.70. The molecule has 0 fully saturated rings. The fourth-order valence-electron chi connectivity index (χ4n) is 0.787. The third-order valence-electron chi connectivity index (χ3n) is 1.43. The van der Waals surface area contributed by atoms with Gasteiger partial charge in [-0.05, 0) is 13.3 Å². The molecule has 0 aromatic heterocycles. The largest absolute Gasteiger partial charge is 0.396 e. The van der Waals surface area contributed by atoms with Gasteiger partial charge in [-0.15, -0.1) is 4.67 Å². The van der Waals surface area contributed by atoms with E-state index in [0.717, 1.165) is 19.3 Å². The van der Waals surface area contributed by atoms with E-state index in [0.29, 0.717) is 0 Å². The monoisotopic (exact) mass is 224 g/mol. The highest BCUT2D eigenvalue weighted by Crippen LogP contribution is 2.24. The molecule has 0 spiro atoms. The van der Waals surface area contributed by atoms with Gasteiger partial charge in [0.15, 0.2) is 0 Å². The van der Waals surface area contributed by atoms with Crippen molar-refractivity contribution < 1.29 is 23.4 Å². The van der Waals surface area contributed by atoms with Crippen LogP contribution in [-0.4, -0.2) is 12.6 Å². The Morgan fingerprint density at radius 3 is 2.57 bits per heavy atom. The van der Waals surface area contributed by atoms with E-state index < -0.39 is 14.2 Å². The molecular weight excluding hydrogens is 207 g/mol. The van der Waals surface area contributed by atoms with E-state index in [1.54, 1.807) is 6.92 Å². The summed E-state index contributed by atoms with van der Waals surface area (Å²) in [5, 5.41) is 0. The molecule has 0 radical (unpaired) electrons. The first-order valence-electron chi connectivity index (χ1n) is 4.74. The maximum Gasteiger partial charge on any atom is 0.396 e. The minimum Gasteiger partial charge on any atom is -0.392 e. The van der Waals surface area contributed by atoms with Crippen molar-refractivity contribution in [1.29, 1.82) is 0 Å². The highest BCUT2D eigenvalue weighted by molar-refractivity contribution is 7.33. The van der Waals surface area contributed by atoms with Gasteiger partial charge in [0.25, 0.3) is 0 Å². The van der Waals surface area contributed by atoms with Gasteiger partial charge in [0.1, 0.15) is 0 Å². The number of unbranched alkanes of at least 4 members (excludes halogenated alkanes) is 2.